The van der Waals surface area contributed by atoms with Gasteiger partial charge in [0.15, 0.2) is 0 Å². The maximum Gasteiger partial charge on any atom is 0.315 e. The van der Waals surface area contributed by atoms with Crippen molar-refractivity contribution in [1.82, 2.24) is 20.4 Å². The van der Waals surface area contributed by atoms with Gasteiger partial charge in [0.1, 0.15) is 0 Å². The summed E-state index contributed by atoms with van der Waals surface area (Å²) in [5.74, 6) is 0.429. The predicted molar refractivity (Wildman–Crippen MR) is 73.6 cm³/mol. The molecule has 3 N–H and O–H groups in total. The predicted octanol–water partition coefficient (Wildman–Crippen LogP) is 0.935. The third-order valence-electron chi connectivity index (χ3n) is 3.09. The zero-order valence-corrected chi connectivity index (χ0v) is 12.1. The summed E-state index contributed by atoms with van der Waals surface area (Å²) in [6.45, 7) is 6.46. The van der Waals surface area contributed by atoms with Crippen molar-refractivity contribution in [2.45, 2.75) is 39.8 Å². The molecule has 0 aliphatic rings. The molecule has 0 fully saturated rings. The molecule has 1 rings (SSSR count). The van der Waals surface area contributed by atoms with Crippen molar-refractivity contribution < 1.29 is 9.90 Å². The quantitative estimate of drug-likeness (QED) is 0.718. The number of carbonyl (C=O) groups excluding carboxylic acids is 1. The normalized spacial score (nSPS) is 12.5. The Morgan fingerprint density at radius 1 is 1.53 bits per heavy atom. The number of aryl methyl sites for hydroxylation is 1. The Bertz CT molecular complexity index is 415. The van der Waals surface area contributed by atoms with Crippen LogP contribution in [0.1, 0.15) is 31.5 Å². The lowest BCUT2D eigenvalue weighted by molar-refractivity contribution is 0.206. The van der Waals surface area contributed by atoms with Gasteiger partial charge >= 0.3 is 6.03 Å². The lowest BCUT2D eigenvalue weighted by Crippen LogP contribution is -2.44. The van der Waals surface area contributed by atoms with Gasteiger partial charge < -0.3 is 15.7 Å². The summed E-state index contributed by atoms with van der Waals surface area (Å²) in [4.78, 5) is 11.7. The third-order valence-corrected chi connectivity index (χ3v) is 3.09. The van der Waals surface area contributed by atoms with E-state index in [2.05, 4.69) is 29.6 Å². The highest BCUT2D eigenvalue weighted by molar-refractivity contribution is 5.74. The highest BCUT2D eigenvalue weighted by Crippen LogP contribution is 2.05. The van der Waals surface area contributed by atoms with Crippen molar-refractivity contribution in [3.05, 3.63) is 17.5 Å². The average molecular weight is 268 g/mol. The van der Waals surface area contributed by atoms with E-state index in [9.17, 15) is 9.90 Å². The molecule has 1 heterocycles. The molecule has 6 heteroatoms. The maximum absolute atomic E-state index is 11.7. The van der Waals surface area contributed by atoms with Crippen molar-refractivity contribution in [1.29, 1.82) is 0 Å². The first-order chi connectivity index (χ1) is 8.93. The summed E-state index contributed by atoms with van der Waals surface area (Å²) in [5.41, 5.74) is 2.02. The van der Waals surface area contributed by atoms with E-state index in [0.717, 1.165) is 17.7 Å². The van der Waals surface area contributed by atoms with Gasteiger partial charge in [-0.25, -0.2) is 4.79 Å². The van der Waals surface area contributed by atoms with Crippen LogP contribution in [0, 0.1) is 12.8 Å². The zero-order chi connectivity index (χ0) is 14.4. The maximum atomic E-state index is 11.7. The van der Waals surface area contributed by atoms with Gasteiger partial charge in [-0.05, 0) is 19.3 Å². The van der Waals surface area contributed by atoms with E-state index in [-0.39, 0.29) is 18.7 Å². The molecular weight excluding hydrogens is 244 g/mol. The van der Waals surface area contributed by atoms with Crippen molar-refractivity contribution >= 4 is 6.03 Å². The van der Waals surface area contributed by atoms with Crippen LogP contribution >= 0.6 is 0 Å². The minimum absolute atomic E-state index is 0.0441. The first-order valence-corrected chi connectivity index (χ1v) is 6.56. The number of aliphatic hydroxyl groups is 1. The van der Waals surface area contributed by atoms with Gasteiger partial charge in [-0.2, -0.15) is 5.10 Å². The fourth-order valence-corrected chi connectivity index (χ4v) is 1.88. The van der Waals surface area contributed by atoms with E-state index in [0.29, 0.717) is 12.5 Å². The highest BCUT2D eigenvalue weighted by atomic mass is 16.3. The monoisotopic (exact) mass is 268 g/mol. The summed E-state index contributed by atoms with van der Waals surface area (Å²) >= 11 is 0. The molecule has 6 nitrogen and oxygen atoms in total. The summed E-state index contributed by atoms with van der Waals surface area (Å²) < 4.78 is 1.77. The lowest BCUT2D eigenvalue weighted by Gasteiger charge is -2.18. The number of aliphatic hydroxyl groups excluding tert-OH is 1. The van der Waals surface area contributed by atoms with Crippen LogP contribution in [-0.4, -0.2) is 33.6 Å². The third kappa shape index (κ3) is 4.90. The van der Waals surface area contributed by atoms with Crippen LogP contribution in [-0.2, 0) is 13.6 Å². The second-order valence-electron chi connectivity index (χ2n) is 5.21. The van der Waals surface area contributed by atoms with Gasteiger partial charge in [0.2, 0.25) is 0 Å². The summed E-state index contributed by atoms with van der Waals surface area (Å²) in [6.07, 6.45) is 2.50. The molecule has 0 aliphatic carbocycles. The van der Waals surface area contributed by atoms with Crippen LogP contribution in [0.15, 0.2) is 6.20 Å². The minimum atomic E-state index is -0.261. The Morgan fingerprint density at radius 2 is 2.21 bits per heavy atom. The molecule has 108 valence electrons. The van der Waals surface area contributed by atoms with Crippen LogP contribution in [0.2, 0.25) is 0 Å². The molecule has 1 atom stereocenters. The van der Waals surface area contributed by atoms with E-state index in [1.807, 2.05) is 14.0 Å². The summed E-state index contributed by atoms with van der Waals surface area (Å²) in [7, 11) is 1.86. The van der Waals surface area contributed by atoms with Crippen LogP contribution in [0.5, 0.6) is 0 Å². The number of hydrogen-bond acceptors (Lipinski definition) is 3. The largest absolute Gasteiger partial charge is 0.394 e. The number of hydrogen-bond donors (Lipinski definition) is 3. The molecule has 2 amide bonds. The summed E-state index contributed by atoms with van der Waals surface area (Å²) in [5, 5.41) is 18.9. The topological polar surface area (TPSA) is 79.2 Å². The van der Waals surface area contributed by atoms with Crippen molar-refractivity contribution in [3.8, 4) is 0 Å². The molecule has 1 aromatic heterocycles. The van der Waals surface area contributed by atoms with E-state index in [1.54, 1.807) is 10.9 Å². The molecule has 0 radical (unpaired) electrons. The standard InChI is InChI=1S/C13H24N4O2/c1-9(2)5-12(8-18)16-13(19)14-6-11-7-15-17(4)10(11)3/h7,9,12,18H,5-6,8H2,1-4H3,(H2,14,16,19). The number of carbonyl (C=O) groups is 1. The van der Waals surface area contributed by atoms with E-state index >= 15 is 0 Å². The Kier molecular flexibility index (Phi) is 5.82. The molecular formula is C13H24N4O2. The van der Waals surface area contributed by atoms with Crippen molar-refractivity contribution in [2.24, 2.45) is 13.0 Å². The Labute approximate surface area is 114 Å². The zero-order valence-electron chi connectivity index (χ0n) is 12.1. The van der Waals surface area contributed by atoms with Gasteiger partial charge in [0.05, 0.1) is 18.8 Å². The Hall–Kier alpha value is -1.56. The molecule has 0 saturated carbocycles. The fourth-order valence-electron chi connectivity index (χ4n) is 1.88. The Morgan fingerprint density at radius 3 is 2.68 bits per heavy atom. The SMILES string of the molecule is Cc1c(CNC(=O)NC(CO)CC(C)C)cnn1C. The smallest absolute Gasteiger partial charge is 0.315 e. The first kappa shape index (κ1) is 15.5. The molecule has 0 bridgehead atoms. The van der Waals surface area contributed by atoms with E-state index in [1.165, 1.54) is 0 Å². The Balaban J connectivity index is 2.40. The van der Waals surface area contributed by atoms with Gasteiger partial charge in [-0.15, -0.1) is 0 Å². The van der Waals surface area contributed by atoms with E-state index in [4.69, 9.17) is 0 Å². The fraction of sp³-hybridized carbons (Fsp3) is 0.692. The van der Waals surface area contributed by atoms with Crippen LogP contribution in [0.25, 0.3) is 0 Å². The molecule has 0 saturated heterocycles. The lowest BCUT2D eigenvalue weighted by atomic mass is 10.0. The molecule has 0 spiro atoms. The van der Waals surface area contributed by atoms with Crippen molar-refractivity contribution in [2.75, 3.05) is 6.61 Å². The second-order valence-corrected chi connectivity index (χ2v) is 5.21. The number of amides is 2. The molecule has 19 heavy (non-hydrogen) atoms. The van der Waals surface area contributed by atoms with Gasteiger partial charge in [-0.3, -0.25) is 4.68 Å². The van der Waals surface area contributed by atoms with Gasteiger partial charge in [0, 0.05) is 24.8 Å². The molecule has 1 aromatic rings. The van der Waals surface area contributed by atoms with Crippen LogP contribution < -0.4 is 10.6 Å². The number of nitrogens with zero attached hydrogens (tertiary/aromatic N) is 2. The molecule has 1 unspecified atom stereocenters. The first-order valence-electron chi connectivity index (χ1n) is 6.56. The number of urea groups is 1. The van der Waals surface area contributed by atoms with Crippen LogP contribution in [0.4, 0.5) is 4.79 Å². The summed E-state index contributed by atoms with van der Waals surface area (Å²) in [6, 6.07) is -0.460. The van der Waals surface area contributed by atoms with Crippen molar-refractivity contribution in [3.63, 3.8) is 0 Å². The molecule has 0 aromatic carbocycles. The highest BCUT2D eigenvalue weighted by Gasteiger charge is 2.13. The van der Waals surface area contributed by atoms with Gasteiger partial charge in [-0.1, -0.05) is 13.8 Å². The number of aromatic nitrogens is 2. The average Bonchev–Trinajstić information content (AvgIpc) is 2.66. The van der Waals surface area contributed by atoms with Crippen LogP contribution in [0.3, 0.4) is 0 Å². The second kappa shape index (κ2) is 7.13. The van der Waals surface area contributed by atoms with E-state index < -0.39 is 0 Å². The molecule has 0 aliphatic heterocycles. The van der Waals surface area contributed by atoms with Gasteiger partial charge in [0.25, 0.3) is 0 Å². The minimum Gasteiger partial charge on any atom is -0.394 e. The number of nitrogens with one attached hydrogen (secondary N) is 2. The number of rotatable bonds is 6.